The molecule has 0 atom stereocenters. The Bertz CT molecular complexity index is 3760. The molecule has 3 aliphatic heterocycles. The molecule has 0 saturated heterocycles. The standard InChI is InChI=1S/C62H58BN5O/c1-60(2,3)44-30-34-64-57(37-44)68-53-23-12-11-22-48(53)49-28-27-47(39-56(49)68)69-46-21-17-20-45(38-46)66-41-67(55-25-14-13-24-54(55)66)59-50(42-18-9-8-10-19-42)40-65-35-16-15-33-63(65)58(59)43-26-29-51-52(36-43)62(6,7)32-31-61(51,4)5/h8-30,33-40H,31-32,41H2,1-7H3/i8D,9D,10D,18D,19D. The van der Waals surface area contributed by atoms with Crippen molar-refractivity contribution in [2.24, 2.45) is 0 Å². The van der Waals surface area contributed by atoms with Gasteiger partial charge in [-0.3, -0.25) is 4.57 Å². The number of ether oxygens (including phenoxy) is 1. The molecule has 69 heavy (non-hydrogen) atoms. The highest BCUT2D eigenvalue weighted by Crippen LogP contribution is 2.51. The van der Waals surface area contributed by atoms with Crippen molar-refractivity contribution in [1.29, 1.82) is 0 Å². The van der Waals surface area contributed by atoms with Crippen LogP contribution in [0.1, 0.15) is 96.0 Å². The van der Waals surface area contributed by atoms with Crippen molar-refractivity contribution >= 4 is 56.8 Å². The van der Waals surface area contributed by atoms with Gasteiger partial charge in [-0.15, -0.1) is 0 Å². The number of hydrogen-bond acceptors (Lipinski definition) is 5. The van der Waals surface area contributed by atoms with Gasteiger partial charge in [-0.2, -0.15) is 0 Å². The molecule has 0 spiro atoms. The van der Waals surface area contributed by atoms with E-state index in [9.17, 15) is 2.74 Å². The van der Waals surface area contributed by atoms with Gasteiger partial charge in [0.2, 0.25) is 0 Å². The molecule has 7 heteroatoms. The van der Waals surface area contributed by atoms with Gasteiger partial charge in [0.05, 0.1) is 29.3 Å². The van der Waals surface area contributed by atoms with Gasteiger partial charge in [0, 0.05) is 52.3 Å². The van der Waals surface area contributed by atoms with Crippen LogP contribution in [-0.2, 0) is 16.2 Å². The molecule has 6 aromatic carbocycles. The number of benzene rings is 6. The third-order valence-electron chi connectivity index (χ3n) is 14.9. The summed E-state index contributed by atoms with van der Waals surface area (Å²) in [6.07, 6.45) is 12.1. The lowest BCUT2D eigenvalue weighted by molar-refractivity contribution is 0.332. The van der Waals surface area contributed by atoms with E-state index in [1.807, 2.05) is 55.0 Å². The predicted molar refractivity (Wildman–Crippen MR) is 289 cm³/mol. The molecule has 4 aliphatic rings. The Morgan fingerprint density at radius 2 is 1.41 bits per heavy atom. The number of rotatable bonds is 7. The van der Waals surface area contributed by atoms with E-state index in [0.717, 1.165) is 74.3 Å². The molecule has 0 fully saturated rings. The van der Waals surface area contributed by atoms with E-state index in [4.69, 9.17) is 13.8 Å². The highest BCUT2D eigenvalue weighted by Gasteiger charge is 2.42. The van der Waals surface area contributed by atoms with Crippen molar-refractivity contribution in [3.8, 4) is 17.3 Å². The Morgan fingerprint density at radius 1 is 0.667 bits per heavy atom. The first-order valence-corrected chi connectivity index (χ1v) is 24.1. The summed E-state index contributed by atoms with van der Waals surface area (Å²) in [5.74, 6) is 4.40. The van der Waals surface area contributed by atoms with Crippen molar-refractivity contribution in [2.45, 2.75) is 77.6 Å². The van der Waals surface area contributed by atoms with Crippen LogP contribution in [0.3, 0.4) is 0 Å². The molecule has 0 amide bonds. The highest BCUT2D eigenvalue weighted by molar-refractivity contribution is 6.82. The van der Waals surface area contributed by atoms with Crippen LogP contribution in [-0.4, -0.2) is 27.9 Å². The number of pyridine rings is 1. The molecule has 0 radical (unpaired) electrons. The number of para-hydroxylation sites is 3. The number of fused-ring (bicyclic) bond motifs is 6. The van der Waals surface area contributed by atoms with E-state index in [0.29, 0.717) is 23.7 Å². The molecule has 340 valence electrons. The second-order valence-electron chi connectivity index (χ2n) is 21.2. The first-order chi connectivity index (χ1) is 35.4. The summed E-state index contributed by atoms with van der Waals surface area (Å²) in [6.45, 7) is 16.1. The number of anilines is 3. The number of hydrogen-bond donors (Lipinski definition) is 0. The van der Waals surface area contributed by atoms with Crippen LogP contribution < -0.4 is 14.5 Å². The molecular weight excluding hydrogens is 842 g/mol. The third kappa shape index (κ3) is 7.29. The minimum absolute atomic E-state index is 0.000539. The van der Waals surface area contributed by atoms with Crippen LogP contribution in [0.15, 0.2) is 194 Å². The number of aromatic nitrogens is 2. The summed E-state index contributed by atoms with van der Waals surface area (Å²) in [7, 11) is 0. The highest BCUT2D eigenvalue weighted by atomic mass is 16.5. The van der Waals surface area contributed by atoms with Crippen LogP contribution in [0, 0.1) is 0 Å². The van der Waals surface area contributed by atoms with Crippen molar-refractivity contribution in [1.82, 2.24) is 14.4 Å². The quantitative estimate of drug-likeness (QED) is 0.149. The summed E-state index contributed by atoms with van der Waals surface area (Å²) in [4.78, 5) is 11.5. The molecule has 1 aliphatic carbocycles. The second kappa shape index (κ2) is 16.1. The maximum atomic E-state index is 9.42. The largest absolute Gasteiger partial charge is 0.457 e. The second-order valence-corrected chi connectivity index (χ2v) is 21.2. The zero-order chi connectivity index (χ0) is 51.6. The Kier molecular flexibility index (Phi) is 8.72. The van der Waals surface area contributed by atoms with Gasteiger partial charge >= 0.3 is 6.85 Å². The first kappa shape index (κ1) is 37.5. The molecule has 0 N–H and O–H groups in total. The van der Waals surface area contributed by atoms with Crippen molar-refractivity contribution in [2.75, 3.05) is 16.5 Å². The van der Waals surface area contributed by atoms with Gasteiger partial charge in [0.15, 0.2) is 0 Å². The topological polar surface area (TPSA) is 36.8 Å². The van der Waals surface area contributed by atoms with Crippen LogP contribution in [0.25, 0.3) is 38.7 Å². The Morgan fingerprint density at radius 3 is 2.22 bits per heavy atom. The van der Waals surface area contributed by atoms with Crippen molar-refractivity contribution in [3.63, 3.8) is 0 Å². The summed E-state index contributed by atoms with van der Waals surface area (Å²) >= 11 is 0. The van der Waals surface area contributed by atoms with E-state index in [1.165, 1.54) is 16.7 Å². The molecular formula is C62H58BN5O. The van der Waals surface area contributed by atoms with Gasteiger partial charge in [-0.05, 0) is 129 Å². The van der Waals surface area contributed by atoms with E-state index < -0.39 is 6.04 Å². The van der Waals surface area contributed by atoms with E-state index in [1.54, 1.807) is 0 Å². The fourth-order valence-electron chi connectivity index (χ4n) is 11.0. The summed E-state index contributed by atoms with van der Waals surface area (Å²) in [5.41, 5.74) is 12.1. The summed E-state index contributed by atoms with van der Waals surface area (Å²) < 4.78 is 54.3. The molecule has 12 rings (SSSR count). The first-order valence-electron chi connectivity index (χ1n) is 26.6. The molecule has 2 aromatic heterocycles. The van der Waals surface area contributed by atoms with Crippen molar-refractivity contribution in [3.05, 3.63) is 222 Å². The zero-order valence-electron chi connectivity index (χ0n) is 45.4. The molecule has 0 saturated carbocycles. The Balaban J connectivity index is 0.994. The lowest BCUT2D eigenvalue weighted by Crippen LogP contribution is -2.41. The van der Waals surface area contributed by atoms with Crippen LogP contribution in [0.4, 0.5) is 17.1 Å². The minimum atomic E-state index is -0.422. The summed E-state index contributed by atoms with van der Waals surface area (Å²) in [6, 6.07) is 40.7. The third-order valence-corrected chi connectivity index (χ3v) is 14.9. The fourth-order valence-corrected chi connectivity index (χ4v) is 11.0. The van der Waals surface area contributed by atoms with E-state index in [-0.39, 0.29) is 52.8 Å². The smallest absolute Gasteiger partial charge is 0.322 e. The van der Waals surface area contributed by atoms with Gasteiger partial charge in [-0.1, -0.05) is 145 Å². The zero-order valence-corrected chi connectivity index (χ0v) is 40.4. The monoisotopic (exact) mass is 905 g/mol. The van der Waals surface area contributed by atoms with Crippen LogP contribution in [0.5, 0.6) is 11.5 Å². The molecule has 8 aromatic rings. The Labute approximate surface area is 414 Å². The average Bonchev–Trinajstić information content (AvgIpc) is 3.94. The molecule has 5 heterocycles. The number of allylic oxidation sites excluding steroid dienone is 3. The van der Waals surface area contributed by atoms with Gasteiger partial charge < -0.3 is 19.3 Å². The average molecular weight is 905 g/mol. The lowest BCUT2D eigenvalue weighted by atomic mass is 9.48. The van der Waals surface area contributed by atoms with Gasteiger partial charge in [0.1, 0.15) is 24.0 Å². The lowest BCUT2D eigenvalue weighted by Gasteiger charge is -2.43. The van der Waals surface area contributed by atoms with Gasteiger partial charge in [0.25, 0.3) is 0 Å². The molecule has 6 nitrogen and oxygen atoms in total. The maximum absolute atomic E-state index is 9.42. The SMILES string of the molecule is [2H]c1c([2H])c([2H])c(C2=CN3C=CC=CB3C(c3ccc4c(c3)C(C)(C)CCC4(C)C)=C2N2CN(c3cccc(Oc4ccc5c6ccccc6n(-c6cc(C(C)(C)C)ccn6)c5c4)c3)c3ccccc32)c([2H])c1[2H]. The minimum Gasteiger partial charge on any atom is -0.457 e. The molecule has 0 unspecified atom stereocenters. The van der Waals surface area contributed by atoms with Crippen LogP contribution >= 0.6 is 0 Å². The summed E-state index contributed by atoms with van der Waals surface area (Å²) in [5, 5.41) is 2.25. The molecule has 0 bridgehead atoms. The normalized spacial score (nSPS) is 18.1. The van der Waals surface area contributed by atoms with E-state index >= 15 is 0 Å². The predicted octanol–water partition coefficient (Wildman–Crippen LogP) is 15.5. The number of nitrogens with zero attached hydrogens (tertiary/aromatic N) is 5. The fraction of sp³-hybridized carbons (Fsp3) is 0.210. The Hall–Kier alpha value is -7.51. The van der Waals surface area contributed by atoms with Crippen molar-refractivity contribution < 1.29 is 11.6 Å². The van der Waals surface area contributed by atoms with Gasteiger partial charge in [-0.25, -0.2) is 4.98 Å². The van der Waals surface area contributed by atoms with Crippen LogP contribution in [0.2, 0.25) is 0 Å². The maximum Gasteiger partial charge on any atom is 0.322 e. The van der Waals surface area contributed by atoms with E-state index in [2.05, 4.69) is 171 Å².